The maximum Gasteiger partial charge on any atom is 0.248 e. The fraction of sp³-hybridized carbons (Fsp3) is 0.222. The van der Waals surface area contributed by atoms with E-state index in [0.29, 0.717) is 21.5 Å². The lowest BCUT2D eigenvalue weighted by Crippen LogP contribution is -2.46. The molecule has 0 saturated carbocycles. The molecule has 1 saturated heterocycles. The van der Waals surface area contributed by atoms with Crippen LogP contribution in [0.25, 0.3) is 0 Å². The zero-order valence-electron chi connectivity index (χ0n) is 13.5. The molecule has 1 fully saturated rings. The standard InChI is InChI=1S/C18H15Cl3N2O2S/c19-9-16(24)23-15(17(25)22-12-5-3-4-11(20)8-12)10-26-18(23)13-6-1-2-7-14(13)21/h1-8,15,18H,9-10H2,(H,22,25). The molecule has 8 heteroatoms. The van der Waals surface area contributed by atoms with Crippen LogP contribution in [0, 0.1) is 0 Å². The lowest BCUT2D eigenvalue weighted by Gasteiger charge is -2.29. The Kier molecular flexibility index (Phi) is 6.35. The van der Waals surface area contributed by atoms with Gasteiger partial charge in [0.25, 0.3) is 0 Å². The van der Waals surface area contributed by atoms with Crippen molar-refractivity contribution in [2.45, 2.75) is 11.4 Å². The lowest BCUT2D eigenvalue weighted by atomic mass is 10.1. The number of benzene rings is 2. The van der Waals surface area contributed by atoms with Crippen LogP contribution >= 0.6 is 46.6 Å². The molecule has 1 heterocycles. The molecule has 26 heavy (non-hydrogen) atoms. The van der Waals surface area contributed by atoms with E-state index in [2.05, 4.69) is 5.32 Å². The molecule has 2 aromatic carbocycles. The number of halogens is 3. The van der Waals surface area contributed by atoms with Gasteiger partial charge in [0.1, 0.15) is 17.3 Å². The largest absolute Gasteiger partial charge is 0.324 e. The Balaban J connectivity index is 1.86. The molecule has 2 aromatic rings. The summed E-state index contributed by atoms with van der Waals surface area (Å²) in [6.45, 7) is 0. The number of hydrogen-bond acceptors (Lipinski definition) is 3. The van der Waals surface area contributed by atoms with Gasteiger partial charge in [-0.2, -0.15) is 0 Å². The smallest absolute Gasteiger partial charge is 0.248 e. The first kappa shape index (κ1) is 19.4. The number of nitrogens with one attached hydrogen (secondary N) is 1. The van der Waals surface area contributed by atoms with E-state index >= 15 is 0 Å². The van der Waals surface area contributed by atoms with E-state index in [1.807, 2.05) is 18.2 Å². The van der Waals surface area contributed by atoms with Crippen LogP contribution in [0.4, 0.5) is 5.69 Å². The van der Waals surface area contributed by atoms with Crippen molar-refractivity contribution >= 4 is 64.1 Å². The van der Waals surface area contributed by atoms with Gasteiger partial charge in [-0.3, -0.25) is 9.59 Å². The second-order valence-electron chi connectivity index (χ2n) is 5.66. The molecule has 0 aliphatic carbocycles. The van der Waals surface area contributed by atoms with Crippen molar-refractivity contribution in [2.75, 3.05) is 16.9 Å². The van der Waals surface area contributed by atoms with Crippen molar-refractivity contribution in [3.05, 3.63) is 64.1 Å². The average Bonchev–Trinajstić information content (AvgIpc) is 3.06. The highest BCUT2D eigenvalue weighted by molar-refractivity contribution is 7.99. The molecule has 1 N–H and O–H groups in total. The summed E-state index contributed by atoms with van der Waals surface area (Å²) in [4.78, 5) is 26.8. The van der Waals surface area contributed by atoms with Gasteiger partial charge >= 0.3 is 0 Å². The van der Waals surface area contributed by atoms with Crippen molar-refractivity contribution in [3.63, 3.8) is 0 Å². The highest BCUT2D eigenvalue weighted by Crippen LogP contribution is 2.44. The van der Waals surface area contributed by atoms with Gasteiger partial charge < -0.3 is 10.2 Å². The van der Waals surface area contributed by atoms with Gasteiger partial charge in [-0.1, -0.05) is 47.5 Å². The van der Waals surface area contributed by atoms with E-state index in [-0.39, 0.29) is 23.1 Å². The summed E-state index contributed by atoms with van der Waals surface area (Å²) in [5, 5.41) is 3.53. The summed E-state index contributed by atoms with van der Waals surface area (Å²) in [5.41, 5.74) is 1.36. The van der Waals surface area contributed by atoms with Gasteiger partial charge in [-0.25, -0.2) is 0 Å². The zero-order valence-corrected chi connectivity index (χ0v) is 16.6. The Hall–Kier alpha value is -1.40. The van der Waals surface area contributed by atoms with Crippen molar-refractivity contribution < 1.29 is 9.59 Å². The molecule has 4 nitrogen and oxygen atoms in total. The second kappa shape index (κ2) is 8.53. The van der Waals surface area contributed by atoms with E-state index < -0.39 is 6.04 Å². The van der Waals surface area contributed by atoms with E-state index in [1.54, 1.807) is 30.3 Å². The summed E-state index contributed by atoms with van der Waals surface area (Å²) in [5.74, 6) is -0.353. The monoisotopic (exact) mass is 428 g/mol. The fourth-order valence-electron chi connectivity index (χ4n) is 2.79. The maximum absolute atomic E-state index is 12.8. The first-order valence-corrected chi connectivity index (χ1v) is 10.1. The molecule has 2 unspecified atom stereocenters. The SMILES string of the molecule is O=C(Nc1cccc(Cl)c1)C1CSC(c2ccccc2Cl)N1C(=O)CCl. The Morgan fingerprint density at radius 3 is 2.62 bits per heavy atom. The molecule has 1 aliphatic rings. The first-order valence-electron chi connectivity index (χ1n) is 7.81. The highest BCUT2D eigenvalue weighted by atomic mass is 35.5. The van der Waals surface area contributed by atoms with Crippen LogP contribution in [0.1, 0.15) is 10.9 Å². The molecule has 3 rings (SSSR count). The fourth-order valence-corrected chi connectivity index (χ4v) is 4.91. The van der Waals surface area contributed by atoms with Crippen molar-refractivity contribution in [3.8, 4) is 0 Å². The predicted molar refractivity (Wildman–Crippen MR) is 108 cm³/mol. The van der Waals surface area contributed by atoms with Crippen LogP contribution < -0.4 is 5.32 Å². The molecule has 0 aromatic heterocycles. The molecule has 0 radical (unpaired) electrons. The van der Waals surface area contributed by atoms with Crippen LogP contribution in [0.5, 0.6) is 0 Å². The van der Waals surface area contributed by atoms with Crippen LogP contribution in [-0.2, 0) is 9.59 Å². The van der Waals surface area contributed by atoms with Crippen LogP contribution in [0.2, 0.25) is 10.0 Å². The van der Waals surface area contributed by atoms with Crippen LogP contribution in [-0.4, -0.2) is 34.4 Å². The summed E-state index contributed by atoms with van der Waals surface area (Å²) < 4.78 is 0. The molecule has 2 amide bonds. The summed E-state index contributed by atoms with van der Waals surface area (Å²) >= 11 is 19.5. The first-order chi connectivity index (χ1) is 12.5. The highest BCUT2D eigenvalue weighted by Gasteiger charge is 2.42. The molecule has 2 atom stereocenters. The molecular formula is C18H15Cl3N2O2S. The van der Waals surface area contributed by atoms with Crippen molar-refractivity contribution in [1.29, 1.82) is 0 Å². The number of carbonyl (C=O) groups excluding carboxylic acids is 2. The minimum Gasteiger partial charge on any atom is -0.324 e. The Labute approximate surface area is 170 Å². The number of rotatable bonds is 4. The van der Waals surface area contributed by atoms with Gasteiger partial charge in [-0.15, -0.1) is 23.4 Å². The lowest BCUT2D eigenvalue weighted by molar-refractivity contribution is -0.136. The summed E-state index contributed by atoms with van der Waals surface area (Å²) in [6, 6.07) is 13.5. The van der Waals surface area contributed by atoms with Gasteiger partial charge in [0, 0.05) is 27.0 Å². The molecule has 0 bridgehead atoms. The number of nitrogens with zero attached hydrogens (tertiary/aromatic N) is 1. The number of anilines is 1. The predicted octanol–water partition coefficient (Wildman–Crippen LogP) is 4.81. The number of amides is 2. The van der Waals surface area contributed by atoms with Gasteiger partial charge in [0.05, 0.1) is 0 Å². The topological polar surface area (TPSA) is 49.4 Å². The van der Waals surface area contributed by atoms with E-state index in [9.17, 15) is 9.59 Å². The Morgan fingerprint density at radius 2 is 1.92 bits per heavy atom. The van der Waals surface area contributed by atoms with E-state index in [1.165, 1.54) is 16.7 Å². The van der Waals surface area contributed by atoms with Gasteiger partial charge in [0.2, 0.25) is 11.8 Å². The van der Waals surface area contributed by atoms with Crippen LogP contribution in [0.3, 0.4) is 0 Å². The Morgan fingerprint density at radius 1 is 1.15 bits per heavy atom. The number of alkyl halides is 1. The maximum atomic E-state index is 12.8. The summed E-state index contributed by atoms with van der Waals surface area (Å²) in [7, 11) is 0. The number of thioether (sulfide) groups is 1. The molecule has 136 valence electrons. The quantitative estimate of drug-likeness (QED) is 0.709. The number of carbonyl (C=O) groups is 2. The number of hydrogen-bond donors (Lipinski definition) is 1. The molecule has 1 aliphatic heterocycles. The van der Waals surface area contributed by atoms with Crippen molar-refractivity contribution in [1.82, 2.24) is 4.90 Å². The third-order valence-electron chi connectivity index (χ3n) is 3.97. The zero-order chi connectivity index (χ0) is 18.7. The Bertz CT molecular complexity index is 834. The van der Waals surface area contributed by atoms with Gasteiger partial charge in [-0.05, 0) is 24.3 Å². The van der Waals surface area contributed by atoms with E-state index in [4.69, 9.17) is 34.8 Å². The summed E-state index contributed by atoms with van der Waals surface area (Å²) in [6.07, 6.45) is 0. The van der Waals surface area contributed by atoms with E-state index in [0.717, 1.165) is 5.56 Å². The minimum absolute atomic E-state index is 0.206. The van der Waals surface area contributed by atoms with Gasteiger partial charge in [0.15, 0.2) is 0 Å². The molecular weight excluding hydrogens is 415 g/mol. The third kappa shape index (κ3) is 4.12. The molecule has 0 spiro atoms. The van der Waals surface area contributed by atoms with Crippen molar-refractivity contribution in [2.24, 2.45) is 0 Å². The minimum atomic E-state index is -0.647. The normalized spacial score (nSPS) is 19.4. The third-order valence-corrected chi connectivity index (χ3v) is 6.08. The second-order valence-corrected chi connectivity index (χ2v) is 7.88. The van der Waals surface area contributed by atoms with Crippen LogP contribution in [0.15, 0.2) is 48.5 Å². The average molecular weight is 430 g/mol.